The van der Waals surface area contributed by atoms with Crippen LogP contribution in [0.5, 0.6) is 0 Å². The molecular formula is C20H17N5. The minimum atomic E-state index is 0.472. The molecule has 1 heterocycles. The van der Waals surface area contributed by atoms with Crippen LogP contribution in [0.25, 0.3) is 10.8 Å². The van der Waals surface area contributed by atoms with Crippen LogP contribution in [-0.4, -0.2) is 9.97 Å². The van der Waals surface area contributed by atoms with Crippen molar-refractivity contribution in [2.75, 3.05) is 16.4 Å². The maximum absolute atomic E-state index is 6.27. The fraction of sp³-hybridized carbons (Fsp3) is 0. The summed E-state index contributed by atoms with van der Waals surface area (Å²) in [5.41, 5.74) is 8.62. The van der Waals surface area contributed by atoms with Crippen LogP contribution in [-0.2, 0) is 0 Å². The lowest BCUT2D eigenvalue weighted by Crippen LogP contribution is -2.05. The minimum absolute atomic E-state index is 0.472. The molecule has 5 nitrogen and oxygen atoms in total. The maximum atomic E-state index is 6.27. The summed E-state index contributed by atoms with van der Waals surface area (Å²) in [6.45, 7) is 0. The number of fused-ring (bicyclic) bond motifs is 1. The van der Waals surface area contributed by atoms with E-state index in [-0.39, 0.29) is 0 Å². The topological polar surface area (TPSA) is 75.9 Å². The molecule has 0 radical (unpaired) electrons. The van der Waals surface area contributed by atoms with E-state index in [1.54, 1.807) is 0 Å². The number of nitrogen functional groups attached to an aromatic ring is 1. The Bertz CT molecular complexity index is 1010. The number of nitrogens with one attached hydrogen (secondary N) is 2. The van der Waals surface area contributed by atoms with E-state index in [0.29, 0.717) is 17.3 Å². The second-order valence-electron chi connectivity index (χ2n) is 5.63. The van der Waals surface area contributed by atoms with Crippen molar-refractivity contribution in [1.82, 2.24) is 9.97 Å². The third-order valence-corrected chi connectivity index (χ3v) is 3.96. The second-order valence-corrected chi connectivity index (χ2v) is 5.63. The van der Waals surface area contributed by atoms with E-state index in [2.05, 4.69) is 38.8 Å². The van der Waals surface area contributed by atoms with Gasteiger partial charge in [-0.2, -0.15) is 0 Å². The van der Waals surface area contributed by atoms with E-state index in [1.165, 1.54) is 6.33 Å². The summed E-state index contributed by atoms with van der Waals surface area (Å²) in [6.07, 6.45) is 1.50. The van der Waals surface area contributed by atoms with Gasteiger partial charge in [0.1, 0.15) is 12.0 Å². The third-order valence-electron chi connectivity index (χ3n) is 3.96. The molecule has 0 atom stereocenters. The van der Waals surface area contributed by atoms with E-state index in [0.717, 1.165) is 22.1 Å². The van der Waals surface area contributed by atoms with Crippen molar-refractivity contribution >= 4 is 39.5 Å². The summed E-state index contributed by atoms with van der Waals surface area (Å²) in [5, 5.41) is 8.81. The van der Waals surface area contributed by atoms with Gasteiger partial charge in [-0.15, -0.1) is 0 Å². The molecule has 25 heavy (non-hydrogen) atoms. The molecule has 0 aliphatic carbocycles. The van der Waals surface area contributed by atoms with Gasteiger partial charge >= 0.3 is 0 Å². The van der Waals surface area contributed by atoms with Crippen LogP contribution in [0.4, 0.5) is 28.7 Å². The predicted molar refractivity (Wildman–Crippen MR) is 103 cm³/mol. The molecule has 4 aromatic rings. The summed E-state index contributed by atoms with van der Waals surface area (Å²) in [7, 11) is 0. The Hall–Kier alpha value is -3.60. The van der Waals surface area contributed by atoms with Crippen molar-refractivity contribution in [2.45, 2.75) is 0 Å². The van der Waals surface area contributed by atoms with Crippen molar-refractivity contribution in [1.29, 1.82) is 0 Å². The average molecular weight is 327 g/mol. The van der Waals surface area contributed by atoms with Crippen LogP contribution in [0.2, 0.25) is 0 Å². The van der Waals surface area contributed by atoms with Gasteiger partial charge in [0, 0.05) is 16.8 Å². The van der Waals surface area contributed by atoms with E-state index >= 15 is 0 Å². The first-order chi connectivity index (χ1) is 12.3. The van der Waals surface area contributed by atoms with Crippen LogP contribution in [0, 0.1) is 0 Å². The molecule has 5 heteroatoms. The predicted octanol–water partition coefficient (Wildman–Crippen LogP) is 4.70. The first-order valence-electron chi connectivity index (χ1n) is 7.98. The monoisotopic (exact) mass is 327 g/mol. The van der Waals surface area contributed by atoms with Crippen LogP contribution < -0.4 is 16.4 Å². The molecule has 0 amide bonds. The van der Waals surface area contributed by atoms with Crippen molar-refractivity contribution in [3.8, 4) is 0 Å². The molecule has 0 bridgehead atoms. The summed E-state index contributed by atoms with van der Waals surface area (Å²) in [6, 6.07) is 24.0. The van der Waals surface area contributed by atoms with Gasteiger partial charge in [-0.3, -0.25) is 0 Å². The van der Waals surface area contributed by atoms with Gasteiger partial charge < -0.3 is 16.4 Å². The Morgan fingerprint density at radius 1 is 0.680 bits per heavy atom. The third kappa shape index (κ3) is 3.07. The van der Waals surface area contributed by atoms with Crippen LogP contribution in [0.3, 0.4) is 0 Å². The summed E-state index contributed by atoms with van der Waals surface area (Å²) in [4.78, 5) is 8.55. The second kappa shape index (κ2) is 6.49. The Kier molecular flexibility index (Phi) is 3.88. The van der Waals surface area contributed by atoms with E-state index in [9.17, 15) is 0 Å². The number of aromatic nitrogens is 2. The molecular weight excluding hydrogens is 310 g/mol. The quantitative estimate of drug-likeness (QED) is 0.506. The van der Waals surface area contributed by atoms with Crippen molar-refractivity contribution in [2.24, 2.45) is 0 Å². The van der Waals surface area contributed by atoms with Crippen LogP contribution >= 0.6 is 0 Å². The average Bonchev–Trinajstić information content (AvgIpc) is 2.66. The highest BCUT2D eigenvalue weighted by molar-refractivity contribution is 5.96. The van der Waals surface area contributed by atoms with Gasteiger partial charge in [0.15, 0.2) is 11.6 Å². The maximum Gasteiger partial charge on any atom is 0.159 e. The molecule has 1 aromatic heterocycles. The fourth-order valence-corrected chi connectivity index (χ4v) is 2.71. The first kappa shape index (κ1) is 15.0. The number of para-hydroxylation sites is 1. The molecule has 0 fully saturated rings. The molecule has 4 rings (SSSR count). The van der Waals surface area contributed by atoms with E-state index < -0.39 is 0 Å². The first-order valence-corrected chi connectivity index (χ1v) is 7.98. The van der Waals surface area contributed by atoms with Crippen LogP contribution in [0.1, 0.15) is 0 Å². The smallest absolute Gasteiger partial charge is 0.159 e. The van der Waals surface area contributed by atoms with Gasteiger partial charge in [-0.05, 0) is 23.6 Å². The molecule has 0 saturated carbocycles. The summed E-state index contributed by atoms with van der Waals surface area (Å²) < 4.78 is 0. The highest BCUT2D eigenvalue weighted by Crippen LogP contribution is 2.31. The van der Waals surface area contributed by atoms with Gasteiger partial charge in [-0.1, -0.05) is 54.6 Å². The molecule has 0 spiro atoms. The van der Waals surface area contributed by atoms with Gasteiger partial charge in [0.2, 0.25) is 0 Å². The van der Waals surface area contributed by atoms with E-state index in [4.69, 9.17) is 5.73 Å². The van der Waals surface area contributed by atoms with Crippen molar-refractivity contribution in [3.05, 3.63) is 79.1 Å². The van der Waals surface area contributed by atoms with Gasteiger partial charge in [0.25, 0.3) is 0 Å². The zero-order valence-electron chi connectivity index (χ0n) is 13.5. The Morgan fingerprint density at radius 3 is 2.20 bits per heavy atom. The zero-order chi connectivity index (χ0) is 17.1. The van der Waals surface area contributed by atoms with Gasteiger partial charge in [0.05, 0.1) is 0 Å². The number of hydrogen-bond donors (Lipinski definition) is 3. The van der Waals surface area contributed by atoms with E-state index in [1.807, 2.05) is 54.6 Å². The lowest BCUT2D eigenvalue weighted by Gasteiger charge is -2.14. The standard InChI is InChI=1S/C20H17N5/c21-18-19(24-15-9-2-1-3-10-15)22-13-23-20(18)25-17-12-6-8-14-7-4-5-11-16(14)17/h1-13H,21H2,(H2,22,23,24,25). The minimum Gasteiger partial charge on any atom is -0.393 e. The zero-order valence-corrected chi connectivity index (χ0v) is 13.5. The molecule has 0 aliphatic rings. The Balaban J connectivity index is 1.68. The summed E-state index contributed by atoms with van der Waals surface area (Å²) in [5.74, 6) is 1.15. The molecule has 4 N–H and O–H groups in total. The Morgan fingerprint density at radius 2 is 1.36 bits per heavy atom. The van der Waals surface area contributed by atoms with Gasteiger partial charge in [-0.25, -0.2) is 9.97 Å². The number of nitrogens with two attached hydrogens (primary N) is 1. The van der Waals surface area contributed by atoms with Crippen LogP contribution in [0.15, 0.2) is 79.1 Å². The molecule has 0 unspecified atom stereocenters. The molecule has 0 saturated heterocycles. The number of nitrogens with zero attached hydrogens (tertiary/aromatic N) is 2. The molecule has 122 valence electrons. The largest absolute Gasteiger partial charge is 0.393 e. The number of hydrogen-bond acceptors (Lipinski definition) is 5. The summed E-state index contributed by atoms with van der Waals surface area (Å²) >= 11 is 0. The molecule has 0 aliphatic heterocycles. The highest BCUT2D eigenvalue weighted by Gasteiger charge is 2.10. The fourth-order valence-electron chi connectivity index (χ4n) is 2.71. The molecule has 3 aromatic carbocycles. The number of benzene rings is 3. The SMILES string of the molecule is Nc1c(Nc2ccccc2)ncnc1Nc1cccc2ccccc12. The lowest BCUT2D eigenvalue weighted by atomic mass is 10.1. The highest BCUT2D eigenvalue weighted by atomic mass is 15.1. The normalized spacial score (nSPS) is 10.6. The van der Waals surface area contributed by atoms with Crippen molar-refractivity contribution in [3.63, 3.8) is 0 Å². The number of anilines is 5. The lowest BCUT2D eigenvalue weighted by molar-refractivity contribution is 1.17. The van der Waals surface area contributed by atoms with Crippen molar-refractivity contribution < 1.29 is 0 Å². The Labute approximate surface area is 145 Å². The number of rotatable bonds is 4.